The maximum absolute atomic E-state index is 13.3. The number of hydrogen-bond donors (Lipinski definition) is 0. The summed E-state index contributed by atoms with van der Waals surface area (Å²) >= 11 is 3.43. The molecular weight excluding hydrogens is 494 g/mol. The van der Waals surface area contributed by atoms with Crippen molar-refractivity contribution in [3.63, 3.8) is 0 Å². The molecule has 0 amide bonds. The Balaban J connectivity index is 1.68. The van der Waals surface area contributed by atoms with Crippen molar-refractivity contribution < 1.29 is 9.47 Å². The molecule has 0 spiro atoms. The number of nitrogens with zero attached hydrogens (tertiary/aromatic N) is 3. The molecule has 0 radical (unpaired) electrons. The molecule has 0 aliphatic heterocycles. The number of methoxy groups -OCH3 is 1. The molecule has 0 aliphatic rings. The third-order valence-corrected chi connectivity index (χ3v) is 5.72. The summed E-state index contributed by atoms with van der Waals surface area (Å²) in [6.07, 6.45) is 1.63. The van der Waals surface area contributed by atoms with Gasteiger partial charge in [-0.15, -0.1) is 0 Å². The molecule has 0 aliphatic carbocycles. The van der Waals surface area contributed by atoms with Crippen LogP contribution >= 0.6 is 15.9 Å². The predicted molar refractivity (Wildman–Crippen MR) is 139 cm³/mol. The maximum atomic E-state index is 13.3. The van der Waals surface area contributed by atoms with Crippen LogP contribution in [0.4, 0.5) is 0 Å². The predicted octanol–water partition coefficient (Wildman–Crippen LogP) is 5.93. The van der Waals surface area contributed by atoms with Crippen LogP contribution in [0.25, 0.3) is 10.9 Å². The van der Waals surface area contributed by atoms with Gasteiger partial charge < -0.3 is 9.47 Å². The topological polar surface area (TPSA) is 65.7 Å². The highest BCUT2D eigenvalue weighted by Gasteiger charge is 2.23. The molecule has 4 rings (SSSR count). The Bertz CT molecular complexity index is 1410. The molecule has 0 atom stereocenters. The summed E-state index contributed by atoms with van der Waals surface area (Å²) in [5.41, 5.74) is 1.88. The Morgan fingerprint density at radius 1 is 1.03 bits per heavy atom. The van der Waals surface area contributed by atoms with E-state index in [1.54, 1.807) is 19.4 Å². The highest BCUT2D eigenvalue weighted by Crippen LogP contribution is 2.29. The maximum Gasteiger partial charge on any atom is 0.282 e. The van der Waals surface area contributed by atoms with E-state index in [-0.39, 0.29) is 11.0 Å². The van der Waals surface area contributed by atoms with Crippen LogP contribution in [0.3, 0.4) is 0 Å². The molecule has 0 N–H and O–H groups in total. The van der Waals surface area contributed by atoms with Crippen molar-refractivity contribution in [2.45, 2.75) is 32.8 Å². The van der Waals surface area contributed by atoms with Crippen molar-refractivity contribution >= 4 is 33.0 Å². The molecule has 3 aromatic carbocycles. The fourth-order valence-corrected chi connectivity index (χ4v) is 3.85. The minimum atomic E-state index is -0.384. The van der Waals surface area contributed by atoms with Crippen LogP contribution in [0.5, 0.6) is 11.5 Å². The lowest BCUT2D eigenvalue weighted by Gasteiger charge is -2.20. The zero-order valence-corrected chi connectivity index (χ0v) is 21.2. The summed E-state index contributed by atoms with van der Waals surface area (Å²) in [4.78, 5) is 18.1. The van der Waals surface area contributed by atoms with Gasteiger partial charge in [-0.3, -0.25) is 4.79 Å². The van der Waals surface area contributed by atoms with E-state index < -0.39 is 0 Å². The summed E-state index contributed by atoms with van der Waals surface area (Å²) in [5, 5.41) is 5.03. The molecule has 7 heteroatoms. The van der Waals surface area contributed by atoms with E-state index in [2.05, 4.69) is 21.0 Å². The van der Waals surface area contributed by atoms with Crippen LogP contribution in [0.1, 0.15) is 37.7 Å². The molecule has 0 saturated carbocycles. The van der Waals surface area contributed by atoms with E-state index in [0.29, 0.717) is 34.8 Å². The zero-order chi connectivity index (χ0) is 24.3. The van der Waals surface area contributed by atoms with Crippen molar-refractivity contribution in [1.82, 2.24) is 9.66 Å². The minimum Gasteiger partial charge on any atom is -0.493 e. The number of benzene rings is 3. The Labute approximate surface area is 207 Å². The van der Waals surface area contributed by atoms with Gasteiger partial charge in [-0.25, -0.2) is 4.98 Å². The molecule has 1 aromatic heterocycles. The number of hydrogen-bond acceptors (Lipinski definition) is 5. The number of rotatable bonds is 6. The van der Waals surface area contributed by atoms with Gasteiger partial charge in [0.05, 0.1) is 24.2 Å². The molecule has 4 aromatic rings. The Hall–Kier alpha value is -3.45. The van der Waals surface area contributed by atoms with Crippen LogP contribution < -0.4 is 15.0 Å². The van der Waals surface area contributed by atoms with E-state index in [1.807, 2.05) is 81.4 Å². The number of aromatic nitrogens is 2. The molecule has 1 heterocycles. The first-order valence-electron chi connectivity index (χ1n) is 10.9. The first-order valence-corrected chi connectivity index (χ1v) is 11.7. The normalized spacial score (nSPS) is 11.8. The van der Waals surface area contributed by atoms with Crippen LogP contribution in [0.2, 0.25) is 0 Å². The van der Waals surface area contributed by atoms with Gasteiger partial charge in [-0.05, 0) is 47.5 Å². The molecule has 6 nitrogen and oxygen atoms in total. The first kappa shape index (κ1) is 23.7. The largest absolute Gasteiger partial charge is 0.493 e. The van der Waals surface area contributed by atoms with Crippen LogP contribution in [0, 0.1) is 0 Å². The van der Waals surface area contributed by atoms with Gasteiger partial charge in [0.2, 0.25) is 0 Å². The third-order valence-electron chi connectivity index (χ3n) is 5.23. The fourth-order valence-electron chi connectivity index (χ4n) is 3.48. The SMILES string of the molecule is COc1cc(C=Nn2c(C(C)(C)C)nc3ccc(Br)cc3c2=O)ccc1OCc1ccccc1. The highest BCUT2D eigenvalue weighted by atomic mass is 79.9. The molecule has 0 fully saturated rings. The monoisotopic (exact) mass is 519 g/mol. The van der Waals surface area contributed by atoms with Crippen molar-refractivity contribution in [2.24, 2.45) is 5.10 Å². The van der Waals surface area contributed by atoms with Crippen LogP contribution in [-0.2, 0) is 12.0 Å². The standard InChI is InChI=1S/C27H26BrN3O3/c1-27(2,3)26-30-22-12-11-20(28)15-21(22)25(32)31(26)29-16-19-10-13-23(24(14-19)33-4)34-17-18-8-6-5-7-9-18/h5-16H,17H2,1-4H3. The lowest BCUT2D eigenvalue weighted by molar-refractivity contribution is 0.284. The summed E-state index contributed by atoms with van der Waals surface area (Å²) < 4.78 is 13.7. The molecule has 174 valence electrons. The van der Waals surface area contributed by atoms with Gasteiger partial charge in [0.25, 0.3) is 5.56 Å². The second-order valence-corrected chi connectivity index (χ2v) is 9.81. The van der Waals surface area contributed by atoms with E-state index in [9.17, 15) is 4.79 Å². The van der Waals surface area contributed by atoms with Crippen molar-refractivity contribution in [3.05, 3.63) is 98.5 Å². The Morgan fingerprint density at radius 2 is 1.79 bits per heavy atom. The highest BCUT2D eigenvalue weighted by molar-refractivity contribution is 9.10. The lowest BCUT2D eigenvalue weighted by Crippen LogP contribution is -2.29. The van der Waals surface area contributed by atoms with Gasteiger partial charge in [0.1, 0.15) is 12.4 Å². The van der Waals surface area contributed by atoms with E-state index >= 15 is 0 Å². The second-order valence-electron chi connectivity index (χ2n) is 8.89. The average molecular weight is 520 g/mol. The lowest BCUT2D eigenvalue weighted by atomic mass is 9.95. The van der Waals surface area contributed by atoms with Crippen molar-refractivity contribution in [3.8, 4) is 11.5 Å². The van der Waals surface area contributed by atoms with E-state index in [1.165, 1.54) is 4.68 Å². The molecule has 34 heavy (non-hydrogen) atoms. The van der Waals surface area contributed by atoms with Gasteiger partial charge >= 0.3 is 0 Å². The molecular formula is C27H26BrN3O3. The summed E-state index contributed by atoms with van der Waals surface area (Å²) in [6, 6.07) is 21.0. The van der Waals surface area contributed by atoms with Gasteiger partial charge in [-0.1, -0.05) is 67.0 Å². The summed E-state index contributed by atoms with van der Waals surface area (Å²) in [5.74, 6) is 1.80. The second kappa shape index (κ2) is 9.81. The number of ether oxygens (including phenoxy) is 2. The molecule has 0 unspecified atom stereocenters. The molecule has 0 saturated heterocycles. The Morgan fingerprint density at radius 3 is 2.50 bits per heavy atom. The van der Waals surface area contributed by atoms with Crippen molar-refractivity contribution in [2.75, 3.05) is 7.11 Å². The quantitative estimate of drug-likeness (QED) is 0.296. The zero-order valence-electron chi connectivity index (χ0n) is 19.6. The fraction of sp³-hybridized carbons (Fsp3) is 0.222. The van der Waals surface area contributed by atoms with Crippen LogP contribution in [0.15, 0.2) is 81.1 Å². The van der Waals surface area contributed by atoms with Gasteiger partial charge in [-0.2, -0.15) is 9.78 Å². The van der Waals surface area contributed by atoms with Crippen molar-refractivity contribution in [1.29, 1.82) is 0 Å². The first-order chi connectivity index (χ1) is 16.3. The number of halogens is 1. The number of fused-ring (bicyclic) bond motifs is 1. The van der Waals surface area contributed by atoms with Gasteiger partial charge in [0, 0.05) is 9.89 Å². The van der Waals surface area contributed by atoms with Gasteiger partial charge in [0.15, 0.2) is 11.5 Å². The van der Waals surface area contributed by atoms with Crippen LogP contribution in [-0.4, -0.2) is 23.0 Å². The van der Waals surface area contributed by atoms with E-state index in [0.717, 1.165) is 15.6 Å². The summed E-state index contributed by atoms with van der Waals surface area (Å²) in [6.45, 7) is 6.46. The smallest absolute Gasteiger partial charge is 0.282 e. The summed E-state index contributed by atoms with van der Waals surface area (Å²) in [7, 11) is 1.60. The van der Waals surface area contributed by atoms with E-state index in [4.69, 9.17) is 14.5 Å². The molecule has 0 bridgehead atoms. The Kier molecular flexibility index (Phi) is 6.84. The minimum absolute atomic E-state index is 0.220. The third kappa shape index (κ3) is 5.20. The average Bonchev–Trinajstić information content (AvgIpc) is 2.82.